The number of fused-ring (bicyclic) bond motifs is 1. The number of halogens is 2. The second kappa shape index (κ2) is 14.7. The Kier molecular flexibility index (Phi) is 10.8. The number of aliphatic carboxylic acids is 1. The van der Waals surface area contributed by atoms with Crippen molar-refractivity contribution in [3.63, 3.8) is 0 Å². The van der Waals surface area contributed by atoms with E-state index in [-0.39, 0.29) is 35.9 Å². The highest BCUT2D eigenvalue weighted by molar-refractivity contribution is 6.10. The summed E-state index contributed by atoms with van der Waals surface area (Å²) in [7, 11) is 1.30. The maximum Gasteiger partial charge on any atom is 0.303 e. The third-order valence-electron chi connectivity index (χ3n) is 7.73. The van der Waals surface area contributed by atoms with Crippen molar-refractivity contribution in [2.75, 3.05) is 12.4 Å². The Morgan fingerprint density at radius 1 is 1.12 bits per heavy atom. The van der Waals surface area contributed by atoms with Crippen LogP contribution in [0.25, 0.3) is 5.57 Å². The van der Waals surface area contributed by atoms with Gasteiger partial charge in [0.15, 0.2) is 17.3 Å². The van der Waals surface area contributed by atoms with Gasteiger partial charge in [0, 0.05) is 47.5 Å². The molecule has 7 nitrogen and oxygen atoms in total. The normalized spacial score (nSPS) is 15.9. The number of Topliss-reactive ketones (excluding diaryl/α,β-unsaturated/α-hetero) is 1. The SMILES string of the molecule is CCc1cc(NC2=CC=CCC3CC(c4ccc(OC)c(F)c4F)=CN=C23)ccc1C(=O)CC(=N)CCCCCC(=O)O. The number of carbonyl (C=O) groups is 2. The number of rotatable bonds is 14. The molecule has 0 saturated heterocycles. The summed E-state index contributed by atoms with van der Waals surface area (Å²) in [6.45, 7) is 1.98. The maximum absolute atomic E-state index is 14.8. The molecule has 2 aromatic carbocycles. The van der Waals surface area contributed by atoms with Gasteiger partial charge in [-0.05, 0) is 86.1 Å². The van der Waals surface area contributed by atoms with E-state index < -0.39 is 17.6 Å². The second-order valence-electron chi connectivity index (χ2n) is 10.8. The van der Waals surface area contributed by atoms with Gasteiger partial charge in [-0.15, -0.1) is 0 Å². The number of benzene rings is 2. The molecular formula is C34H37F2N3O4. The van der Waals surface area contributed by atoms with Crippen molar-refractivity contribution in [3.05, 3.63) is 88.8 Å². The number of carboxylic acids is 1. The molecule has 0 fully saturated rings. The third-order valence-corrected chi connectivity index (χ3v) is 7.73. The molecule has 2 aromatic rings. The molecule has 1 unspecified atom stereocenters. The Labute approximate surface area is 250 Å². The minimum absolute atomic E-state index is 0.0382. The van der Waals surface area contributed by atoms with Crippen LogP contribution in [0.3, 0.4) is 0 Å². The molecule has 1 aliphatic heterocycles. The number of hydrogen-bond donors (Lipinski definition) is 3. The highest BCUT2D eigenvalue weighted by atomic mass is 19.2. The van der Waals surface area contributed by atoms with Gasteiger partial charge in [-0.25, -0.2) is 4.39 Å². The predicted octanol–water partition coefficient (Wildman–Crippen LogP) is 7.92. The predicted molar refractivity (Wildman–Crippen MR) is 165 cm³/mol. The highest BCUT2D eigenvalue weighted by Gasteiger charge is 2.27. The van der Waals surface area contributed by atoms with Crippen molar-refractivity contribution in [2.45, 2.75) is 64.7 Å². The van der Waals surface area contributed by atoms with E-state index in [0.717, 1.165) is 22.7 Å². The summed E-state index contributed by atoms with van der Waals surface area (Å²) in [6, 6.07) is 8.50. The summed E-state index contributed by atoms with van der Waals surface area (Å²) in [5.41, 5.74) is 5.01. The van der Waals surface area contributed by atoms with Crippen LogP contribution in [0.5, 0.6) is 5.75 Å². The van der Waals surface area contributed by atoms with Gasteiger partial charge in [0.05, 0.1) is 18.5 Å². The first-order valence-corrected chi connectivity index (χ1v) is 14.6. The zero-order valence-corrected chi connectivity index (χ0v) is 24.5. The van der Waals surface area contributed by atoms with Crippen molar-refractivity contribution in [1.29, 1.82) is 5.41 Å². The standard InChI is InChI=1S/C34H37F2N3O4/c1-3-21-18-25(13-14-26(21)29(40)19-24(37)10-5-4-6-12-31(41)42)39-28-11-8-7-9-22-17-23(20-38-34(22)28)27-15-16-30(43-2)33(36)32(27)35/h7-8,11,13-16,18,20,22,37,39H,3-6,9-10,12,17,19H2,1-2H3,(H,41,42). The molecule has 3 N–H and O–H groups in total. The van der Waals surface area contributed by atoms with Gasteiger partial charge in [0.25, 0.3) is 0 Å². The van der Waals surface area contributed by atoms with Crippen LogP contribution >= 0.6 is 0 Å². The molecule has 4 rings (SSSR count). The third kappa shape index (κ3) is 7.91. The van der Waals surface area contributed by atoms with Crippen molar-refractivity contribution >= 4 is 34.4 Å². The molecule has 0 aromatic heterocycles. The fourth-order valence-electron chi connectivity index (χ4n) is 5.43. The van der Waals surface area contributed by atoms with Crippen LogP contribution in [0.2, 0.25) is 0 Å². The van der Waals surface area contributed by atoms with Crippen LogP contribution in [-0.4, -0.2) is 35.4 Å². The van der Waals surface area contributed by atoms with E-state index >= 15 is 0 Å². The quantitative estimate of drug-likeness (QED) is 0.118. The summed E-state index contributed by atoms with van der Waals surface area (Å²) in [4.78, 5) is 28.4. The molecule has 0 spiro atoms. The summed E-state index contributed by atoms with van der Waals surface area (Å²) >= 11 is 0. The molecular weight excluding hydrogens is 552 g/mol. The van der Waals surface area contributed by atoms with E-state index in [1.54, 1.807) is 12.3 Å². The van der Waals surface area contributed by atoms with E-state index in [4.69, 9.17) is 15.3 Å². The van der Waals surface area contributed by atoms with Gasteiger partial charge in [0.2, 0.25) is 5.82 Å². The lowest BCUT2D eigenvalue weighted by molar-refractivity contribution is -0.137. The largest absolute Gasteiger partial charge is 0.494 e. The molecule has 1 aliphatic carbocycles. The summed E-state index contributed by atoms with van der Waals surface area (Å²) < 4.78 is 34.1. The fraction of sp³-hybridized carbons (Fsp3) is 0.353. The second-order valence-corrected chi connectivity index (χ2v) is 10.8. The van der Waals surface area contributed by atoms with Gasteiger partial charge in [-0.1, -0.05) is 25.5 Å². The van der Waals surface area contributed by atoms with Crippen molar-refractivity contribution < 1.29 is 28.2 Å². The van der Waals surface area contributed by atoms with E-state index in [9.17, 15) is 18.4 Å². The number of anilines is 1. The summed E-state index contributed by atoms with van der Waals surface area (Å²) in [6.07, 6.45) is 12.0. The fourth-order valence-corrected chi connectivity index (χ4v) is 5.43. The van der Waals surface area contributed by atoms with Gasteiger partial charge in [0.1, 0.15) is 0 Å². The lowest BCUT2D eigenvalue weighted by Crippen LogP contribution is -2.23. The molecule has 2 aliphatic rings. The van der Waals surface area contributed by atoms with E-state index in [0.29, 0.717) is 61.8 Å². The van der Waals surface area contributed by atoms with Crippen molar-refractivity contribution in [1.82, 2.24) is 0 Å². The minimum Gasteiger partial charge on any atom is -0.494 e. The number of allylic oxidation sites excluding steroid dienone is 5. The number of hydrogen-bond acceptors (Lipinski definition) is 6. The van der Waals surface area contributed by atoms with E-state index in [1.807, 2.05) is 37.3 Å². The van der Waals surface area contributed by atoms with Gasteiger partial charge < -0.3 is 20.6 Å². The Morgan fingerprint density at radius 2 is 1.91 bits per heavy atom. The first kappa shape index (κ1) is 31.5. The molecule has 1 heterocycles. The molecule has 0 amide bonds. The van der Waals surface area contributed by atoms with Crippen LogP contribution < -0.4 is 10.1 Å². The van der Waals surface area contributed by atoms with Crippen LogP contribution in [0, 0.1) is 23.0 Å². The number of carboxylic acid groups (broad SMARTS) is 1. The number of aliphatic imine (C=N–C) groups is 1. The van der Waals surface area contributed by atoms with Crippen LogP contribution in [0.4, 0.5) is 14.5 Å². The first-order chi connectivity index (χ1) is 20.7. The van der Waals surface area contributed by atoms with Crippen molar-refractivity contribution in [2.24, 2.45) is 10.9 Å². The average Bonchev–Trinajstić information content (AvgIpc) is 3.19. The van der Waals surface area contributed by atoms with Gasteiger partial charge in [-0.3, -0.25) is 14.6 Å². The van der Waals surface area contributed by atoms with Crippen LogP contribution in [0.15, 0.2) is 65.4 Å². The zero-order valence-electron chi connectivity index (χ0n) is 24.5. The Morgan fingerprint density at radius 3 is 2.65 bits per heavy atom. The smallest absolute Gasteiger partial charge is 0.303 e. The molecule has 9 heteroatoms. The molecule has 226 valence electrons. The highest BCUT2D eigenvalue weighted by Crippen LogP contribution is 2.36. The van der Waals surface area contributed by atoms with E-state index in [2.05, 4.69) is 10.3 Å². The maximum atomic E-state index is 14.8. The Bertz CT molecular complexity index is 1520. The van der Waals surface area contributed by atoms with E-state index in [1.165, 1.54) is 19.2 Å². The number of ketones is 1. The number of nitrogens with one attached hydrogen (secondary N) is 2. The van der Waals surface area contributed by atoms with Gasteiger partial charge >= 0.3 is 5.97 Å². The summed E-state index contributed by atoms with van der Waals surface area (Å²) in [5.74, 6) is -3.07. The number of nitrogens with zero attached hydrogens (tertiary/aromatic N) is 1. The molecule has 0 bridgehead atoms. The minimum atomic E-state index is -1.02. The monoisotopic (exact) mass is 589 g/mol. The molecule has 1 atom stereocenters. The van der Waals surface area contributed by atoms with Gasteiger partial charge in [-0.2, -0.15) is 4.39 Å². The zero-order chi connectivity index (χ0) is 30.9. The molecule has 0 saturated carbocycles. The van der Waals surface area contributed by atoms with Crippen molar-refractivity contribution in [3.8, 4) is 5.75 Å². The van der Waals surface area contributed by atoms with Crippen LogP contribution in [0.1, 0.15) is 79.8 Å². The lowest BCUT2D eigenvalue weighted by atomic mass is 9.86. The number of ether oxygens (including phenoxy) is 1. The number of carbonyl (C=O) groups excluding carboxylic acids is 1. The number of methoxy groups -OCH3 is 1. The topological polar surface area (TPSA) is 112 Å². The van der Waals surface area contributed by atoms with Crippen LogP contribution in [-0.2, 0) is 11.2 Å². The summed E-state index contributed by atoms with van der Waals surface area (Å²) in [5, 5.41) is 20.4. The lowest BCUT2D eigenvalue weighted by Gasteiger charge is -2.25. The number of aryl methyl sites for hydroxylation is 1. The number of unbranched alkanes of at least 4 members (excludes halogenated alkanes) is 2. The molecule has 0 radical (unpaired) electrons. The Hall–Kier alpha value is -4.40. The first-order valence-electron chi connectivity index (χ1n) is 14.6. The Balaban J connectivity index is 1.46. The average molecular weight is 590 g/mol. The molecule has 43 heavy (non-hydrogen) atoms.